The summed E-state index contributed by atoms with van der Waals surface area (Å²) in [6.07, 6.45) is 1.90. The van der Waals surface area contributed by atoms with Crippen molar-refractivity contribution in [3.8, 4) is 5.75 Å². The zero-order valence-corrected chi connectivity index (χ0v) is 12.5. The zero-order valence-electron chi connectivity index (χ0n) is 9.52. The van der Waals surface area contributed by atoms with Crippen LogP contribution in [0.2, 0.25) is 0 Å². The summed E-state index contributed by atoms with van der Waals surface area (Å²) >= 11 is 2.08. The maximum atomic E-state index is 12.3. The average Bonchev–Trinajstić information content (AvgIpc) is 2.83. The molecule has 0 aromatic heterocycles. The Labute approximate surface area is 115 Å². The predicted octanol–water partition coefficient (Wildman–Crippen LogP) is 2.08. The fourth-order valence-electron chi connectivity index (χ4n) is 1.89. The molecule has 2 rings (SSSR count). The number of nitrogens with zero attached hydrogens (tertiary/aromatic N) is 1. The first-order chi connectivity index (χ1) is 8.05. The third kappa shape index (κ3) is 2.58. The van der Waals surface area contributed by atoms with Crippen LogP contribution in [0.1, 0.15) is 12.8 Å². The van der Waals surface area contributed by atoms with E-state index >= 15 is 0 Å². The van der Waals surface area contributed by atoms with Gasteiger partial charge in [-0.15, -0.1) is 0 Å². The molecule has 94 valence electrons. The number of ether oxygens (including phenoxy) is 1. The highest BCUT2D eigenvalue weighted by atomic mass is 127. The van der Waals surface area contributed by atoms with Crippen molar-refractivity contribution < 1.29 is 13.2 Å². The molecule has 0 unspecified atom stereocenters. The Kier molecular flexibility index (Phi) is 3.94. The number of methoxy groups -OCH3 is 1. The number of sulfonamides is 1. The van der Waals surface area contributed by atoms with E-state index in [1.54, 1.807) is 29.6 Å². The number of hydrogen-bond acceptors (Lipinski definition) is 3. The lowest BCUT2D eigenvalue weighted by Crippen LogP contribution is -2.27. The average molecular weight is 367 g/mol. The van der Waals surface area contributed by atoms with E-state index < -0.39 is 10.0 Å². The Balaban J connectivity index is 2.36. The standard InChI is InChI=1S/C11H14INO3S/c1-16-11-5-4-9(8-10(11)12)17(14,15)13-6-2-3-7-13/h4-5,8H,2-3,6-7H2,1H3. The minimum absolute atomic E-state index is 0.351. The molecule has 0 saturated carbocycles. The van der Waals surface area contributed by atoms with Gasteiger partial charge in [0.25, 0.3) is 0 Å². The summed E-state index contributed by atoms with van der Waals surface area (Å²) in [4.78, 5) is 0.351. The molecule has 0 spiro atoms. The first kappa shape index (κ1) is 13.1. The van der Waals surface area contributed by atoms with Gasteiger partial charge in [-0.1, -0.05) is 0 Å². The van der Waals surface area contributed by atoms with Crippen molar-refractivity contribution in [3.63, 3.8) is 0 Å². The molecule has 0 amide bonds. The fraction of sp³-hybridized carbons (Fsp3) is 0.455. The topological polar surface area (TPSA) is 46.6 Å². The van der Waals surface area contributed by atoms with Crippen LogP contribution >= 0.6 is 22.6 Å². The molecule has 0 N–H and O–H groups in total. The molecule has 0 bridgehead atoms. The van der Waals surface area contributed by atoms with Crippen LogP contribution in [0.5, 0.6) is 5.75 Å². The van der Waals surface area contributed by atoms with Gasteiger partial charge in [0.2, 0.25) is 10.0 Å². The van der Waals surface area contributed by atoms with E-state index in [2.05, 4.69) is 22.6 Å². The smallest absolute Gasteiger partial charge is 0.243 e. The fourth-order valence-corrected chi connectivity index (χ4v) is 4.38. The van der Waals surface area contributed by atoms with Gasteiger partial charge in [-0.3, -0.25) is 0 Å². The van der Waals surface area contributed by atoms with E-state index in [4.69, 9.17) is 4.74 Å². The molecule has 1 aromatic rings. The highest BCUT2D eigenvalue weighted by Gasteiger charge is 2.27. The van der Waals surface area contributed by atoms with Crippen molar-refractivity contribution in [3.05, 3.63) is 21.8 Å². The third-order valence-corrected chi connectivity index (χ3v) is 5.56. The Bertz CT molecular complexity index is 509. The highest BCUT2D eigenvalue weighted by Crippen LogP contribution is 2.27. The molecule has 4 nitrogen and oxygen atoms in total. The maximum absolute atomic E-state index is 12.3. The van der Waals surface area contributed by atoms with Crippen LogP contribution in [0.25, 0.3) is 0 Å². The molecule has 17 heavy (non-hydrogen) atoms. The van der Waals surface area contributed by atoms with Crippen LogP contribution in [0.4, 0.5) is 0 Å². The molecular formula is C11H14INO3S. The first-order valence-corrected chi connectivity index (χ1v) is 7.91. The van der Waals surface area contributed by atoms with Crippen molar-refractivity contribution in [1.29, 1.82) is 0 Å². The van der Waals surface area contributed by atoms with Crippen LogP contribution in [0.15, 0.2) is 23.1 Å². The molecule has 1 fully saturated rings. The summed E-state index contributed by atoms with van der Waals surface area (Å²) in [5.41, 5.74) is 0. The monoisotopic (exact) mass is 367 g/mol. The molecule has 0 radical (unpaired) electrons. The molecule has 1 heterocycles. The molecule has 6 heteroatoms. The van der Waals surface area contributed by atoms with Gasteiger partial charge in [0.05, 0.1) is 15.6 Å². The van der Waals surface area contributed by atoms with E-state index in [0.717, 1.165) is 16.4 Å². The van der Waals surface area contributed by atoms with Gasteiger partial charge < -0.3 is 4.74 Å². The summed E-state index contributed by atoms with van der Waals surface area (Å²) in [5, 5.41) is 0. The molecule has 1 aliphatic heterocycles. The second-order valence-electron chi connectivity index (χ2n) is 3.91. The maximum Gasteiger partial charge on any atom is 0.243 e. The summed E-state index contributed by atoms with van der Waals surface area (Å²) in [7, 11) is -1.74. The summed E-state index contributed by atoms with van der Waals surface area (Å²) in [6.45, 7) is 1.26. The number of rotatable bonds is 3. The second kappa shape index (κ2) is 5.11. The van der Waals surface area contributed by atoms with E-state index in [0.29, 0.717) is 23.7 Å². The Morgan fingerprint density at radius 1 is 1.29 bits per heavy atom. The zero-order chi connectivity index (χ0) is 12.5. The summed E-state index contributed by atoms with van der Waals surface area (Å²) in [5.74, 6) is 0.700. The number of benzene rings is 1. The highest BCUT2D eigenvalue weighted by molar-refractivity contribution is 14.1. The van der Waals surface area contributed by atoms with E-state index in [9.17, 15) is 8.42 Å². The largest absolute Gasteiger partial charge is 0.496 e. The van der Waals surface area contributed by atoms with Gasteiger partial charge in [0.15, 0.2) is 0 Å². The molecule has 1 aliphatic rings. The van der Waals surface area contributed by atoms with Crippen molar-refractivity contribution in [2.45, 2.75) is 17.7 Å². The summed E-state index contributed by atoms with van der Waals surface area (Å²) in [6, 6.07) is 4.96. The van der Waals surface area contributed by atoms with Gasteiger partial charge in [-0.05, 0) is 53.6 Å². The predicted molar refractivity (Wildman–Crippen MR) is 73.7 cm³/mol. The van der Waals surface area contributed by atoms with Gasteiger partial charge in [0, 0.05) is 13.1 Å². The van der Waals surface area contributed by atoms with Gasteiger partial charge in [0.1, 0.15) is 5.75 Å². The van der Waals surface area contributed by atoms with Crippen molar-refractivity contribution >= 4 is 32.6 Å². The van der Waals surface area contributed by atoms with Crippen LogP contribution in [-0.4, -0.2) is 32.9 Å². The second-order valence-corrected chi connectivity index (χ2v) is 7.01. The van der Waals surface area contributed by atoms with Crippen LogP contribution in [0, 0.1) is 3.57 Å². The van der Waals surface area contributed by atoms with Gasteiger partial charge >= 0.3 is 0 Å². The van der Waals surface area contributed by atoms with Crippen LogP contribution in [-0.2, 0) is 10.0 Å². The van der Waals surface area contributed by atoms with Crippen molar-refractivity contribution in [2.24, 2.45) is 0 Å². The number of halogens is 1. The first-order valence-electron chi connectivity index (χ1n) is 5.39. The molecule has 0 atom stereocenters. The quantitative estimate of drug-likeness (QED) is 0.769. The lowest BCUT2D eigenvalue weighted by atomic mass is 10.3. The Morgan fingerprint density at radius 3 is 2.47 bits per heavy atom. The van der Waals surface area contributed by atoms with Crippen LogP contribution in [0.3, 0.4) is 0 Å². The SMILES string of the molecule is COc1ccc(S(=O)(=O)N2CCCC2)cc1I. The molecule has 0 aliphatic carbocycles. The lowest BCUT2D eigenvalue weighted by molar-refractivity contribution is 0.411. The molecule has 1 saturated heterocycles. The molecule has 1 aromatic carbocycles. The Hall–Kier alpha value is -0.340. The number of hydrogen-bond donors (Lipinski definition) is 0. The van der Waals surface area contributed by atoms with E-state index in [1.165, 1.54) is 0 Å². The normalized spacial score (nSPS) is 17.3. The summed E-state index contributed by atoms with van der Waals surface area (Å²) < 4.78 is 32.0. The Morgan fingerprint density at radius 2 is 1.94 bits per heavy atom. The van der Waals surface area contributed by atoms with E-state index in [1.807, 2.05) is 0 Å². The van der Waals surface area contributed by atoms with Crippen molar-refractivity contribution in [1.82, 2.24) is 4.31 Å². The minimum atomic E-state index is -3.31. The van der Waals surface area contributed by atoms with Crippen molar-refractivity contribution in [2.75, 3.05) is 20.2 Å². The third-order valence-electron chi connectivity index (χ3n) is 2.83. The van der Waals surface area contributed by atoms with Gasteiger partial charge in [-0.25, -0.2) is 8.42 Å². The molecular weight excluding hydrogens is 353 g/mol. The minimum Gasteiger partial charge on any atom is -0.496 e. The van der Waals surface area contributed by atoms with Gasteiger partial charge in [-0.2, -0.15) is 4.31 Å². The van der Waals surface area contributed by atoms with Crippen LogP contribution < -0.4 is 4.74 Å². The van der Waals surface area contributed by atoms with E-state index in [-0.39, 0.29) is 0 Å². The lowest BCUT2D eigenvalue weighted by Gasteiger charge is -2.16.